The van der Waals surface area contributed by atoms with E-state index in [-0.39, 0.29) is 5.91 Å². The monoisotopic (exact) mass is 313 g/mol. The van der Waals surface area contributed by atoms with Gasteiger partial charge in [0.1, 0.15) is 12.4 Å². The zero-order valence-electron chi connectivity index (χ0n) is 13.8. The minimum absolute atomic E-state index is 0.0646. The van der Waals surface area contributed by atoms with Crippen molar-refractivity contribution in [3.05, 3.63) is 58.9 Å². The van der Waals surface area contributed by atoms with Crippen LogP contribution in [-0.2, 0) is 6.61 Å². The molecule has 0 fully saturated rings. The Morgan fingerprint density at radius 2 is 1.96 bits per heavy atom. The van der Waals surface area contributed by atoms with Gasteiger partial charge in [0, 0.05) is 36.6 Å². The number of hydrogen-bond acceptors (Lipinski definition) is 4. The summed E-state index contributed by atoms with van der Waals surface area (Å²) in [6.45, 7) is 5.72. The molecule has 0 saturated carbocycles. The van der Waals surface area contributed by atoms with Crippen molar-refractivity contribution in [2.24, 2.45) is 0 Å². The molecule has 1 amide bonds. The molecule has 0 aliphatic rings. The van der Waals surface area contributed by atoms with Crippen molar-refractivity contribution in [2.45, 2.75) is 20.5 Å². The molecule has 23 heavy (non-hydrogen) atoms. The largest absolute Gasteiger partial charge is 0.488 e. The second kappa shape index (κ2) is 8.29. The van der Waals surface area contributed by atoms with E-state index in [0.717, 1.165) is 29.0 Å². The molecular formula is C18H23N3O2. The lowest BCUT2D eigenvalue weighted by Crippen LogP contribution is -2.30. The molecule has 122 valence electrons. The molecule has 2 aromatic rings. The lowest BCUT2D eigenvalue weighted by atomic mass is 10.0. The number of ether oxygens (including phenoxy) is 1. The minimum Gasteiger partial charge on any atom is -0.488 e. The van der Waals surface area contributed by atoms with Gasteiger partial charge in [-0.2, -0.15) is 0 Å². The Morgan fingerprint density at radius 1 is 1.22 bits per heavy atom. The number of likely N-dealkylation sites (N-methyl/N-ethyl adjacent to an activating group) is 1. The van der Waals surface area contributed by atoms with E-state index < -0.39 is 0 Å². The maximum atomic E-state index is 12.1. The molecule has 1 heterocycles. The van der Waals surface area contributed by atoms with E-state index in [1.807, 2.05) is 45.2 Å². The van der Waals surface area contributed by atoms with Crippen molar-refractivity contribution in [1.82, 2.24) is 15.6 Å². The first-order valence-corrected chi connectivity index (χ1v) is 7.67. The molecule has 0 unspecified atom stereocenters. The van der Waals surface area contributed by atoms with Gasteiger partial charge in [0.25, 0.3) is 5.91 Å². The fourth-order valence-corrected chi connectivity index (χ4v) is 2.35. The average Bonchev–Trinajstić information content (AvgIpc) is 2.55. The Hall–Kier alpha value is -2.40. The van der Waals surface area contributed by atoms with Crippen molar-refractivity contribution < 1.29 is 9.53 Å². The van der Waals surface area contributed by atoms with E-state index in [1.54, 1.807) is 12.4 Å². The van der Waals surface area contributed by atoms with Crippen LogP contribution in [0.4, 0.5) is 0 Å². The number of carbonyl (C=O) groups is 1. The highest BCUT2D eigenvalue weighted by Crippen LogP contribution is 2.25. The standard InChI is InChI=1S/C18H23N3O2/c1-13-9-16(18(22)21-8-7-19-3)10-14(2)17(13)23-12-15-5-4-6-20-11-15/h4-6,9-11,19H,7-8,12H2,1-3H3,(H,21,22). The topological polar surface area (TPSA) is 63.2 Å². The highest BCUT2D eigenvalue weighted by molar-refractivity contribution is 5.94. The molecule has 0 radical (unpaired) electrons. The van der Waals surface area contributed by atoms with Crippen molar-refractivity contribution in [1.29, 1.82) is 0 Å². The van der Waals surface area contributed by atoms with Crippen LogP contribution in [0.15, 0.2) is 36.7 Å². The van der Waals surface area contributed by atoms with Crippen LogP contribution in [0.3, 0.4) is 0 Å². The van der Waals surface area contributed by atoms with Crippen molar-refractivity contribution in [3.63, 3.8) is 0 Å². The first-order chi connectivity index (χ1) is 11.1. The van der Waals surface area contributed by atoms with Gasteiger partial charge in [0.2, 0.25) is 0 Å². The van der Waals surface area contributed by atoms with Crippen LogP contribution in [0.2, 0.25) is 0 Å². The van der Waals surface area contributed by atoms with Gasteiger partial charge in [-0.1, -0.05) is 6.07 Å². The first kappa shape index (κ1) is 17.0. The number of hydrogen-bond donors (Lipinski definition) is 2. The molecule has 5 heteroatoms. The lowest BCUT2D eigenvalue weighted by molar-refractivity contribution is 0.0954. The summed E-state index contributed by atoms with van der Waals surface area (Å²) in [5.41, 5.74) is 3.57. The Kier molecular flexibility index (Phi) is 6.11. The minimum atomic E-state index is -0.0646. The van der Waals surface area contributed by atoms with Crippen molar-refractivity contribution >= 4 is 5.91 Å². The molecule has 0 aliphatic carbocycles. The number of benzene rings is 1. The van der Waals surface area contributed by atoms with E-state index in [9.17, 15) is 4.79 Å². The van der Waals surface area contributed by atoms with Gasteiger partial charge in [0.05, 0.1) is 0 Å². The van der Waals surface area contributed by atoms with Crippen LogP contribution in [0.1, 0.15) is 27.0 Å². The van der Waals surface area contributed by atoms with Crippen molar-refractivity contribution in [3.8, 4) is 5.75 Å². The summed E-state index contributed by atoms with van der Waals surface area (Å²) in [5, 5.41) is 5.88. The molecule has 0 saturated heterocycles. The maximum Gasteiger partial charge on any atom is 0.251 e. The third-order valence-electron chi connectivity index (χ3n) is 3.49. The zero-order chi connectivity index (χ0) is 16.7. The van der Waals surface area contributed by atoms with Crippen LogP contribution in [0, 0.1) is 13.8 Å². The molecule has 0 spiro atoms. The Balaban J connectivity index is 2.06. The highest BCUT2D eigenvalue weighted by atomic mass is 16.5. The number of pyridine rings is 1. The van der Waals surface area contributed by atoms with Gasteiger partial charge >= 0.3 is 0 Å². The fourth-order valence-electron chi connectivity index (χ4n) is 2.35. The molecule has 0 atom stereocenters. The predicted molar refractivity (Wildman–Crippen MR) is 90.7 cm³/mol. The van der Waals surface area contributed by atoms with E-state index in [0.29, 0.717) is 18.7 Å². The van der Waals surface area contributed by atoms with Crippen LogP contribution < -0.4 is 15.4 Å². The number of nitrogens with one attached hydrogen (secondary N) is 2. The molecule has 0 bridgehead atoms. The smallest absolute Gasteiger partial charge is 0.251 e. The van der Waals surface area contributed by atoms with Gasteiger partial charge in [-0.05, 0) is 50.2 Å². The van der Waals surface area contributed by atoms with E-state index in [1.165, 1.54) is 0 Å². The zero-order valence-corrected chi connectivity index (χ0v) is 13.8. The second-order valence-corrected chi connectivity index (χ2v) is 5.45. The van der Waals surface area contributed by atoms with Crippen LogP contribution in [0.25, 0.3) is 0 Å². The number of aryl methyl sites for hydroxylation is 2. The molecule has 5 nitrogen and oxygen atoms in total. The van der Waals surface area contributed by atoms with E-state index in [2.05, 4.69) is 15.6 Å². The van der Waals surface area contributed by atoms with Crippen LogP contribution >= 0.6 is 0 Å². The number of amides is 1. The summed E-state index contributed by atoms with van der Waals surface area (Å²) < 4.78 is 5.91. The summed E-state index contributed by atoms with van der Waals surface area (Å²) in [7, 11) is 1.86. The normalized spacial score (nSPS) is 10.4. The lowest BCUT2D eigenvalue weighted by Gasteiger charge is -2.14. The molecule has 1 aromatic carbocycles. The summed E-state index contributed by atoms with van der Waals surface area (Å²) in [4.78, 5) is 16.2. The number of aromatic nitrogens is 1. The number of nitrogens with zero attached hydrogens (tertiary/aromatic N) is 1. The van der Waals surface area contributed by atoms with Crippen LogP contribution in [0.5, 0.6) is 5.75 Å². The summed E-state index contributed by atoms with van der Waals surface area (Å²) in [6, 6.07) is 7.58. The number of carbonyl (C=O) groups excluding carboxylic acids is 1. The van der Waals surface area contributed by atoms with Crippen LogP contribution in [-0.4, -0.2) is 31.0 Å². The Bertz CT molecular complexity index is 634. The summed E-state index contributed by atoms with van der Waals surface area (Å²) >= 11 is 0. The molecule has 0 aliphatic heterocycles. The Morgan fingerprint density at radius 3 is 2.57 bits per heavy atom. The second-order valence-electron chi connectivity index (χ2n) is 5.45. The molecule has 1 aromatic heterocycles. The van der Waals surface area contributed by atoms with E-state index in [4.69, 9.17) is 4.74 Å². The summed E-state index contributed by atoms with van der Waals surface area (Å²) in [5.74, 6) is 0.755. The van der Waals surface area contributed by atoms with Gasteiger partial charge in [0.15, 0.2) is 0 Å². The summed E-state index contributed by atoms with van der Waals surface area (Å²) in [6.07, 6.45) is 3.52. The predicted octanol–water partition coefficient (Wildman–Crippen LogP) is 2.23. The molecular weight excluding hydrogens is 290 g/mol. The van der Waals surface area contributed by atoms with Gasteiger partial charge < -0.3 is 15.4 Å². The Labute approximate surface area is 137 Å². The molecule has 2 rings (SSSR count). The van der Waals surface area contributed by atoms with Gasteiger partial charge in [-0.15, -0.1) is 0 Å². The first-order valence-electron chi connectivity index (χ1n) is 7.67. The fraction of sp³-hybridized carbons (Fsp3) is 0.333. The average molecular weight is 313 g/mol. The quantitative estimate of drug-likeness (QED) is 0.770. The maximum absolute atomic E-state index is 12.1. The highest BCUT2D eigenvalue weighted by Gasteiger charge is 2.11. The molecule has 2 N–H and O–H groups in total. The van der Waals surface area contributed by atoms with E-state index >= 15 is 0 Å². The third kappa shape index (κ3) is 4.79. The van der Waals surface area contributed by atoms with Gasteiger partial charge in [-0.25, -0.2) is 0 Å². The van der Waals surface area contributed by atoms with Gasteiger partial charge in [-0.3, -0.25) is 9.78 Å². The van der Waals surface area contributed by atoms with Crippen molar-refractivity contribution in [2.75, 3.05) is 20.1 Å². The third-order valence-corrected chi connectivity index (χ3v) is 3.49. The SMILES string of the molecule is CNCCNC(=O)c1cc(C)c(OCc2cccnc2)c(C)c1. The number of rotatable bonds is 7.